The second-order valence-corrected chi connectivity index (χ2v) is 6.54. The Morgan fingerprint density at radius 1 is 1.29 bits per heavy atom. The summed E-state index contributed by atoms with van der Waals surface area (Å²) in [6.45, 7) is 1.88. The molecular formula is C20H26N8. The molecule has 0 aromatic rings. The van der Waals surface area contributed by atoms with Gasteiger partial charge in [-0.2, -0.15) is 0 Å². The molecule has 0 aromatic carbocycles. The lowest BCUT2D eigenvalue weighted by molar-refractivity contribution is 0.450. The number of dihydropyridines is 2. The van der Waals surface area contributed by atoms with Crippen LogP contribution in [0.3, 0.4) is 0 Å². The van der Waals surface area contributed by atoms with Crippen molar-refractivity contribution in [3.8, 4) is 0 Å². The number of aliphatic imine (C=N–C) groups is 1. The molecule has 1 fully saturated rings. The standard InChI is InChI=1S/C20H26N8/c1-24-12-15(10-21)14-8-18-17(25-13-14)4-5-20(26-18)27-19(23)9-16(11-22)28-6-2-3-7-28/h4-5,8-13,22,25-26H,2-3,6-7,21H2,1H3,(H2,23,27). The second-order valence-electron chi connectivity index (χ2n) is 6.54. The normalized spacial score (nSPS) is 19.7. The molecule has 0 saturated carbocycles. The number of fused-ring (bicyclic) bond motifs is 1. The van der Waals surface area contributed by atoms with Crippen LogP contribution in [0.5, 0.6) is 0 Å². The summed E-state index contributed by atoms with van der Waals surface area (Å²) < 4.78 is 0. The van der Waals surface area contributed by atoms with Crippen molar-refractivity contribution in [3.05, 3.63) is 70.8 Å². The van der Waals surface area contributed by atoms with Crippen LogP contribution in [-0.4, -0.2) is 43.3 Å². The maximum Gasteiger partial charge on any atom is 0.125 e. The first-order valence-electron chi connectivity index (χ1n) is 9.19. The van der Waals surface area contributed by atoms with Crippen LogP contribution in [-0.2, 0) is 0 Å². The summed E-state index contributed by atoms with van der Waals surface area (Å²) in [7, 11) is 1.70. The summed E-state index contributed by atoms with van der Waals surface area (Å²) >= 11 is 0. The summed E-state index contributed by atoms with van der Waals surface area (Å²) in [5.74, 6) is 0.911. The van der Waals surface area contributed by atoms with E-state index in [2.05, 4.69) is 25.8 Å². The number of hydrogen-bond acceptors (Lipinski definition) is 7. The van der Waals surface area contributed by atoms with Gasteiger partial charge in [0, 0.05) is 62.2 Å². The molecule has 0 bridgehead atoms. The van der Waals surface area contributed by atoms with Crippen molar-refractivity contribution in [1.29, 1.82) is 10.8 Å². The van der Waals surface area contributed by atoms with Crippen LogP contribution in [0.25, 0.3) is 0 Å². The van der Waals surface area contributed by atoms with Gasteiger partial charge in [-0.3, -0.25) is 10.4 Å². The Morgan fingerprint density at radius 2 is 2.07 bits per heavy atom. The van der Waals surface area contributed by atoms with Gasteiger partial charge in [-0.05, 0) is 31.1 Å². The minimum absolute atomic E-state index is 0.224. The minimum Gasteiger partial charge on any atom is -0.404 e. The summed E-state index contributed by atoms with van der Waals surface area (Å²) in [6.07, 6.45) is 16.1. The van der Waals surface area contributed by atoms with E-state index in [1.807, 2.05) is 24.4 Å². The van der Waals surface area contributed by atoms with Crippen LogP contribution < -0.4 is 21.7 Å². The zero-order valence-corrected chi connectivity index (χ0v) is 15.9. The molecule has 0 amide bonds. The van der Waals surface area contributed by atoms with Gasteiger partial charge in [0.25, 0.3) is 0 Å². The maximum atomic E-state index is 8.24. The molecule has 0 radical (unpaired) electrons. The predicted molar refractivity (Wildman–Crippen MR) is 114 cm³/mol. The Labute approximate surface area is 165 Å². The van der Waals surface area contributed by atoms with Crippen LogP contribution >= 0.6 is 0 Å². The number of amidine groups is 1. The number of nitrogens with two attached hydrogens (primary N) is 1. The highest BCUT2D eigenvalue weighted by Gasteiger charge is 2.17. The fraction of sp³-hybridized carbons (Fsp3) is 0.250. The van der Waals surface area contributed by atoms with Gasteiger partial charge in [-0.1, -0.05) is 0 Å². The van der Waals surface area contributed by atoms with Crippen molar-refractivity contribution in [2.45, 2.75) is 12.8 Å². The molecule has 0 atom stereocenters. The third kappa shape index (κ3) is 4.40. The van der Waals surface area contributed by atoms with Crippen LogP contribution in [0, 0.1) is 10.8 Å². The topological polar surface area (TPSA) is 125 Å². The molecule has 7 N–H and O–H groups in total. The lowest BCUT2D eigenvalue weighted by atomic mass is 10.0. The Hall–Kier alpha value is -3.55. The van der Waals surface area contributed by atoms with Crippen LogP contribution in [0.2, 0.25) is 0 Å². The van der Waals surface area contributed by atoms with E-state index in [9.17, 15) is 0 Å². The zero-order chi connectivity index (χ0) is 19.9. The van der Waals surface area contributed by atoms with E-state index in [1.54, 1.807) is 19.3 Å². The van der Waals surface area contributed by atoms with Crippen LogP contribution in [0.4, 0.5) is 0 Å². The molecule has 3 aliphatic rings. The van der Waals surface area contributed by atoms with E-state index in [0.29, 0.717) is 5.82 Å². The SMILES string of the molecule is CN=CC(=CN)C1=CNC2=CC=C(NC(=N)C=C(C=N)N3CCCC3)NC2=C1. The molecule has 0 aromatic heterocycles. The van der Waals surface area contributed by atoms with Crippen molar-refractivity contribution in [2.75, 3.05) is 20.1 Å². The van der Waals surface area contributed by atoms with Crippen molar-refractivity contribution in [2.24, 2.45) is 10.7 Å². The van der Waals surface area contributed by atoms with Crippen molar-refractivity contribution >= 4 is 18.3 Å². The fourth-order valence-corrected chi connectivity index (χ4v) is 3.22. The number of hydrogen-bond donors (Lipinski definition) is 6. The zero-order valence-electron chi connectivity index (χ0n) is 15.9. The smallest absolute Gasteiger partial charge is 0.125 e. The molecule has 0 unspecified atom stereocenters. The van der Waals surface area contributed by atoms with E-state index in [-0.39, 0.29) is 5.84 Å². The molecule has 8 heteroatoms. The van der Waals surface area contributed by atoms with Gasteiger partial charge in [0.1, 0.15) is 11.7 Å². The first kappa shape index (κ1) is 19.2. The predicted octanol–water partition coefficient (Wildman–Crippen LogP) is 1.43. The van der Waals surface area contributed by atoms with Crippen molar-refractivity contribution in [1.82, 2.24) is 20.9 Å². The number of nitrogens with zero attached hydrogens (tertiary/aromatic N) is 2. The van der Waals surface area contributed by atoms with E-state index >= 15 is 0 Å². The first-order valence-corrected chi connectivity index (χ1v) is 9.19. The van der Waals surface area contributed by atoms with E-state index in [0.717, 1.165) is 54.2 Å². The molecule has 1 saturated heterocycles. The van der Waals surface area contributed by atoms with Crippen molar-refractivity contribution in [3.63, 3.8) is 0 Å². The third-order valence-electron chi connectivity index (χ3n) is 4.62. The highest BCUT2D eigenvalue weighted by molar-refractivity contribution is 5.96. The molecule has 8 nitrogen and oxygen atoms in total. The number of nitrogens with one attached hydrogen (secondary N) is 5. The number of allylic oxidation sites excluding steroid dienone is 6. The fourth-order valence-electron chi connectivity index (χ4n) is 3.22. The van der Waals surface area contributed by atoms with Gasteiger partial charge < -0.3 is 32.0 Å². The molecule has 28 heavy (non-hydrogen) atoms. The largest absolute Gasteiger partial charge is 0.404 e. The highest BCUT2D eigenvalue weighted by Crippen LogP contribution is 2.21. The van der Waals surface area contributed by atoms with Gasteiger partial charge in [0.05, 0.1) is 17.1 Å². The van der Waals surface area contributed by atoms with E-state index in [1.165, 1.54) is 12.4 Å². The average Bonchev–Trinajstić information content (AvgIpc) is 3.24. The van der Waals surface area contributed by atoms with Gasteiger partial charge in [-0.25, -0.2) is 0 Å². The Morgan fingerprint density at radius 3 is 2.75 bits per heavy atom. The monoisotopic (exact) mass is 378 g/mol. The molecular weight excluding hydrogens is 352 g/mol. The summed E-state index contributed by atoms with van der Waals surface area (Å²) in [5.41, 5.74) is 9.96. The molecule has 0 spiro atoms. The summed E-state index contributed by atoms with van der Waals surface area (Å²) in [4.78, 5) is 6.15. The van der Waals surface area contributed by atoms with E-state index < -0.39 is 0 Å². The van der Waals surface area contributed by atoms with Gasteiger partial charge >= 0.3 is 0 Å². The highest BCUT2D eigenvalue weighted by atomic mass is 15.2. The average molecular weight is 378 g/mol. The lowest BCUT2D eigenvalue weighted by Crippen LogP contribution is -2.35. The quantitative estimate of drug-likeness (QED) is 0.308. The van der Waals surface area contributed by atoms with Gasteiger partial charge in [-0.15, -0.1) is 0 Å². The lowest BCUT2D eigenvalue weighted by Gasteiger charge is -2.25. The first-order chi connectivity index (χ1) is 13.6. The van der Waals surface area contributed by atoms with Crippen LogP contribution in [0.1, 0.15) is 12.8 Å². The summed E-state index contributed by atoms with van der Waals surface area (Å²) in [6, 6.07) is 0. The van der Waals surface area contributed by atoms with E-state index in [4.69, 9.17) is 16.6 Å². The molecule has 3 heterocycles. The molecule has 0 aliphatic carbocycles. The number of rotatable bonds is 6. The molecule has 3 rings (SSSR count). The Balaban J connectivity index is 1.69. The van der Waals surface area contributed by atoms with Gasteiger partial charge in [0.2, 0.25) is 0 Å². The molecule has 146 valence electrons. The van der Waals surface area contributed by atoms with Crippen LogP contribution in [0.15, 0.2) is 75.8 Å². The van der Waals surface area contributed by atoms with Gasteiger partial charge in [0.15, 0.2) is 0 Å². The molecule has 3 aliphatic heterocycles. The number of likely N-dealkylation sites (tertiary alicyclic amines) is 1. The Bertz CT molecular complexity index is 861. The third-order valence-corrected chi connectivity index (χ3v) is 4.62. The Kier molecular flexibility index (Phi) is 6.11. The second kappa shape index (κ2) is 8.90. The summed E-state index contributed by atoms with van der Waals surface area (Å²) in [5, 5.41) is 25.4. The minimum atomic E-state index is 0.224. The maximum absolute atomic E-state index is 8.24. The van der Waals surface area contributed by atoms with Crippen molar-refractivity contribution < 1.29 is 0 Å².